The number of esters is 1. The topological polar surface area (TPSA) is 136 Å². The molecule has 0 saturated heterocycles. The van der Waals surface area contributed by atoms with E-state index in [1.54, 1.807) is 0 Å². The van der Waals surface area contributed by atoms with Crippen LogP contribution in [0.25, 0.3) is 0 Å². The average molecular weight is 233 g/mol. The first-order valence-electron chi connectivity index (χ1n) is 4.38. The number of carbonyl (C=O) groups is 2. The molecule has 0 spiro atoms. The summed E-state index contributed by atoms with van der Waals surface area (Å²) in [4.78, 5) is 21.9. The van der Waals surface area contributed by atoms with Gasteiger partial charge in [0.05, 0.1) is 6.61 Å². The van der Waals surface area contributed by atoms with Gasteiger partial charge in [0.25, 0.3) is 5.91 Å². The molecule has 0 unspecified atom stereocenters. The summed E-state index contributed by atoms with van der Waals surface area (Å²) in [6, 6.07) is 0. The lowest BCUT2D eigenvalue weighted by Crippen LogP contribution is -2.44. The molecule has 0 radical (unpaired) electrons. The molecule has 0 saturated carbocycles. The molecule has 2 atom stereocenters. The Hall–Kier alpha value is -1.80. The molecule has 1 rings (SSSR count). The van der Waals surface area contributed by atoms with Gasteiger partial charge in [-0.15, -0.1) is 0 Å². The second kappa shape index (κ2) is 4.81. The molecule has 1 aliphatic rings. The van der Waals surface area contributed by atoms with Gasteiger partial charge in [-0.25, -0.2) is 4.79 Å². The summed E-state index contributed by atoms with van der Waals surface area (Å²) in [7, 11) is 0. The van der Waals surface area contributed by atoms with E-state index in [9.17, 15) is 14.7 Å². The first-order chi connectivity index (χ1) is 7.49. The SMILES string of the molecule is O=C1O[C@H]([C@@H](O)C(=O)NCCO)C(O)=C1O. The van der Waals surface area contributed by atoms with Crippen molar-refractivity contribution < 1.29 is 34.8 Å². The van der Waals surface area contributed by atoms with Crippen LogP contribution in [0.5, 0.6) is 0 Å². The van der Waals surface area contributed by atoms with E-state index in [-0.39, 0.29) is 13.2 Å². The first-order valence-corrected chi connectivity index (χ1v) is 4.38. The van der Waals surface area contributed by atoms with Crippen LogP contribution in [0.1, 0.15) is 0 Å². The quantitative estimate of drug-likeness (QED) is 0.345. The Labute approximate surface area is 89.8 Å². The van der Waals surface area contributed by atoms with Crippen molar-refractivity contribution in [1.82, 2.24) is 5.32 Å². The summed E-state index contributed by atoms with van der Waals surface area (Å²) in [5.41, 5.74) is 0. The van der Waals surface area contributed by atoms with Crippen LogP contribution in [0.3, 0.4) is 0 Å². The molecule has 16 heavy (non-hydrogen) atoms. The summed E-state index contributed by atoms with van der Waals surface area (Å²) in [6.07, 6.45) is -3.47. The van der Waals surface area contributed by atoms with Gasteiger partial charge in [-0.05, 0) is 0 Å². The molecular formula is C8H11NO7. The third-order valence-corrected chi connectivity index (χ3v) is 1.91. The normalized spacial score (nSPS) is 21.9. The highest BCUT2D eigenvalue weighted by Gasteiger charge is 2.42. The zero-order valence-corrected chi connectivity index (χ0v) is 8.08. The van der Waals surface area contributed by atoms with Gasteiger partial charge in [0, 0.05) is 6.54 Å². The maximum Gasteiger partial charge on any atom is 0.378 e. The van der Waals surface area contributed by atoms with E-state index in [0.29, 0.717) is 0 Å². The third-order valence-electron chi connectivity index (χ3n) is 1.91. The molecule has 0 aromatic heterocycles. The fourth-order valence-corrected chi connectivity index (χ4v) is 1.10. The first kappa shape index (κ1) is 12.3. The van der Waals surface area contributed by atoms with Crippen LogP contribution in [-0.4, -0.2) is 57.7 Å². The lowest BCUT2D eigenvalue weighted by Gasteiger charge is -2.16. The van der Waals surface area contributed by atoms with Gasteiger partial charge in [0.15, 0.2) is 18.0 Å². The molecule has 0 aromatic carbocycles. The number of nitrogens with one attached hydrogen (secondary N) is 1. The molecule has 8 heteroatoms. The summed E-state index contributed by atoms with van der Waals surface area (Å²) in [5, 5.41) is 38.0. The second-order valence-electron chi connectivity index (χ2n) is 3.02. The monoisotopic (exact) mass is 233 g/mol. The van der Waals surface area contributed by atoms with Gasteiger partial charge < -0.3 is 30.5 Å². The Bertz CT molecular complexity index is 337. The highest BCUT2D eigenvalue weighted by molar-refractivity contribution is 5.91. The van der Waals surface area contributed by atoms with E-state index in [2.05, 4.69) is 10.1 Å². The van der Waals surface area contributed by atoms with Gasteiger partial charge >= 0.3 is 5.97 Å². The van der Waals surface area contributed by atoms with Gasteiger partial charge in [-0.3, -0.25) is 4.79 Å². The van der Waals surface area contributed by atoms with Crippen LogP contribution in [0, 0.1) is 0 Å². The van der Waals surface area contributed by atoms with Crippen LogP contribution in [0.15, 0.2) is 11.5 Å². The molecule has 0 bridgehead atoms. The molecule has 1 amide bonds. The van der Waals surface area contributed by atoms with Crippen LogP contribution in [-0.2, 0) is 14.3 Å². The van der Waals surface area contributed by atoms with Crippen LogP contribution >= 0.6 is 0 Å². The summed E-state index contributed by atoms with van der Waals surface area (Å²) in [5.74, 6) is -4.07. The molecule has 0 aliphatic carbocycles. The second-order valence-corrected chi connectivity index (χ2v) is 3.02. The Kier molecular flexibility index (Phi) is 3.69. The number of carbonyl (C=O) groups excluding carboxylic acids is 2. The van der Waals surface area contributed by atoms with Crippen LogP contribution in [0.4, 0.5) is 0 Å². The zero-order chi connectivity index (χ0) is 12.3. The minimum atomic E-state index is -1.85. The Balaban J connectivity index is 2.66. The minimum Gasteiger partial charge on any atom is -0.505 e. The van der Waals surface area contributed by atoms with Crippen molar-refractivity contribution in [2.75, 3.05) is 13.2 Å². The molecule has 90 valence electrons. The van der Waals surface area contributed by atoms with Gasteiger partial charge in [0.2, 0.25) is 5.76 Å². The molecule has 8 nitrogen and oxygen atoms in total. The smallest absolute Gasteiger partial charge is 0.378 e. The summed E-state index contributed by atoms with van der Waals surface area (Å²) < 4.78 is 4.36. The Morgan fingerprint density at radius 3 is 2.56 bits per heavy atom. The highest BCUT2D eigenvalue weighted by atomic mass is 16.6. The molecule has 1 heterocycles. The van der Waals surface area contributed by atoms with E-state index < -0.39 is 35.6 Å². The van der Waals surface area contributed by atoms with Crippen molar-refractivity contribution >= 4 is 11.9 Å². The number of rotatable bonds is 4. The highest BCUT2D eigenvalue weighted by Crippen LogP contribution is 2.21. The number of cyclic esters (lactones) is 1. The summed E-state index contributed by atoms with van der Waals surface area (Å²) >= 11 is 0. The predicted molar refractivity (Wildman–Crippen MR) is 48.3 cm³/mol. The number of amides is 1. The molecular weight excluding hydrogens is 222 g/mol. The predicted octanol–water partition coefficient (Wildman–Crippen LogP) is -2.29. The largest absolute Gasteiger partial charge is 0.505 e. The zero-order valence-electron chi connectivity index (χ0n) is 8.08. The van der Waals surface area contributed by atoms with E-state index in [1.165, 1.54) is 0 Å². The van der Waals surface area contributed by atoms with Crippen molar-refractivity contribution in [1.29, 1.82) is 0 Å². The summed E-state index contributed by atoms with van der Waals surface area (Å²) in [6.45, 7) is -0.414. The third kappa shape index (κ3) is 2.23. The van der Waals surface area contributed by atoms with Crippen LogP contribution < -0.4 is 5.32 Å². The van der Waals surface area contributed by atoms with Crippen molar-refractivity contribution in [3.63, 3.8) is 0 Å². The standard InChI is InChI=1S/C8H11NO7/c10-2-1-9-7(14)5(13)6-3(11)4(12)8(15)16-6/h5-6,10-13H,1-2H2,(H,9,14)/t5-,6+/m1/s1. The lowest BCUT2D eigenvalue weighted by atomic mass is 10.1. The van der Waals surface area contributed by atoms with Crippen molar-refractivity contribution in [3.8, 4) is 0 Å². The molecule has 0 aromatic rings. The van der Waals surface area contributed by atoms with Gasteiger partial charge in [-0.1, -0.05) is 0 Å². The molecule has 0 fully saturated rings. The van der Waals surface area contributed by atoms with Crippen molar-refractivity contribution in [3.05, 3.63) is 11.5 Å². The fraction of sp³-hybridized carbons (Fsp3) is 0.500. The average Bonchev–Trinajstić information content (AvgIpc) is 2.52. The van der Waals surface area contributed by atoms with E-state index >= 15 is 0 Å². The van der Waals surface area contributed by atoms with Crippen molar-refractivity contribution in [2.24, 2.45) is 0 Å². The van der Waals surface area contributed by atoms with Crippen LogP contribution in [0.2, 0.25) is 0 Å². The van der Waals surface area contributed by atoms with E-state index in [4.69, 9.17) is 15.3 Å². The number of aliphatic hydroxyl groups excluding tert-OH is 4. The van der Waals surface area contributed by atoms with E-state index in [0.717, 1.165) is 0 Å². The number of hydrogen-bond donors (Lipinski definition) is 5. The number of ether oxygens (including phenoxy) is 1. The lowest BCUT2D eigenvalue weighted by molar-refractivity contribution is -0.151. The number of aliphatic hydroxyl groups is 4. The molecule has 5 N–H and O–H groups in total. The maximum atomic E-state index is 11.2. The minimum absolute atomic E-state index is 0.0903. The van der Waals surface area contributed by atoms with E-state index in [1.807, 2.05) is 0 Å². The van der Waals surface area contributed by atoms with Crippen molar-refractivity contribution in [2.45, 2.75) is 12.2 Å². The fourth-order valence-electron chi connectivity index (χ4n) is 1.10. The Morgan fingerprint density at radius 1 is 1.50 bits per heavy atom. The Morgan fingerprint density at radius 2 is 2.12 bits per heavy atom. The van der Waals surface area contributed by atoms with Gasteiger partial charge in [0.1, 0.15) is 0 Å². The number of hydrogen-bond acceptors (Lipinski definition) is 7. The maximum absolute atomic E-state index is 11.2. The molecule has 1 aliphatic heterocycles. The van der Waals surface area contributed by atoms with Gasteiger partial charge in [-0.2, -0.15) is 0 Å².